The van der Waals surface area contributed by atoms with Gasteiger partial charge in [0.1, 0.15) is 0 Å². The predicted octanol–water partition coefficient (Wildman–Crippen LogP) is 4.77. The van der Waals surface area contributed by atoms with Crippen molar-refractivity contribution in [1.29, 1.82) is 0 Å². The van der Waals surface area contributed by atoms with Gasteiger partial charge in [-0.25, -0.2) is 0 Å². The molecule has 0 aliphatic carbocycles. The lowest BCUT2D eigenvalue weighted by Crippen LogP contribution is -2.39. The Kier molecular flexibility index (Phi) is 6.09. The molecular formula is C23H23ClN4O4S. The molecule has 0 amide bonds. The van der Waals surface area contributed by atoms with Gasteiger partial charge in [-0.2, -0.15) is 9.50 Å². The van der Waals surface area contributed by atoms with E-state index >= 15 is 0 Å². The summed E-state index contributed by atoms with van der Waals surface area (Å²) in [6.45, 7) is 3.61. The number of aromatic nitrogens is 3. The second-order valence-corrected chi connectivity index (χ2v) is 9.36. The Balaban J connectivity index is 1.48. The zero-order valence-electron chi connectivity index (χ0n) is 18.0. The van der Waals surface area contributed by atoms with Crippen LogP contribution < -0.4 is 0 Å². The number of furan rings is 1. The standard InChI is InChI=1S/C23H23ClN4O4S/c1-2-31-22(30)15-9-11-27(12-10-15)18(14-5-7-16(24)8-6-14)19-21(29)28-23(33-19)25-20(26-28)17-4-3-13-32-17/h3-8,13,15,18,29H,2,9-12H2,1H3/t18-/m1/s1. The number of esters is 1. The molecule has 1 atom stereocenters. The number of carbonyl (C=O) groups is 1. The quantitative estimate of drug-likeness (QED) is 0.392. The van der Waals surface area contributed by atoms with Crippen LogP contribution in [0.2, 0.25) is 5.02 Å². The fourth-order valence-corrected chi connectivity index (χ4v) is 5.51. The van der Waals surface area contributed by atoms with Crippen molar-refractivity contribution < 1.29 is 19.1 Å². The molecular weight excluding hydrogens is 464 g/mol. The van der Waals surface area contributed by atoms with Crippen molar-refractivity contribution in [3.05, 3.63) is 58.1 Å². The fourth-order valence-electron chi connectivity index (χ4n) is 4.27. The van der Waals surface area contributed by atoms with Gasteiger partial charge in [-0.1, -0.05) is 35.1 Å². The van der Waals surface area contributed by atoms with E-state index in [1.807, 2.05) is 31.2 Å². The van der Waals surface area contributed by atoms with Gasteiger partial charge in [0, 0.05) is 5.02 Å². The van der Waals surface area contributed by atoms with Crippen LogP contribution in [0.1, 0.15) is 36.2 Å². The molecule has 0 radical (unpaired) electrons. The second kappa shape index (κ2) is 9.17. The van der Waals surface area contributed by atoms with E-state index in [9.17, 15) is 9.90 Å². The Hall–Kier alpha value is -2.88. The number of halogens is 1. The van der Waals surface area contributed by atoms with E-state index in [0.717, 1.165) is 10.4 Å². The van der Waals surface area contributed by atoms with Crippen LogP contribution in [0.3, 0.4) is 0 Å². The highest BCUT2D eigenvalue weighted by Crippen LogP contribution is 2.42. The van der Waals surface area contributed by atoms with Crippen LogP contribution in [0.25, 0.3) is 16.5 Å². The Morgan fingerprint density at radius 1 is 1.30 bits per heavy atom. The summed E-state index contributed by atoms with van der Waals surface area (Å²) in [5.41, 5.74) is 1.00. The summed E-state index contributed by atoms with van der Waals surface area (Å²) in [5, 5.41) is 16.2. The summed E-state index contributed by atoms with van der Waals surface area (Å²) in [7, 11) is 0. The molecule has 1 saturated heterocycles. The van der Waals surface area contributed by atoms with Crippen LogP contribution in [0.15, 0.2) is 47.1 Å². The van der Waals surface area contributed by atoms with Gasteiger partial charge in [0.25, 0.3) is 0 Å². The third-order valence-corrected chi connectivity index (χ3v) is 7.21. The minimum Gasteiger partial charge on any atom is -0.492 e. The molecule has 3 aromatic heterocycles. The first-order chi connectivity index (χ1) is 16.0. The van der Waals surface area contributed by atoms with E-state index in [1.165, 1.54) is 15.9 Å². The average Bonchev–Trinajstić information content (AvgIpc) is 3.55. The van der Waals surface area contributed by atoms with E-state index in [1.54, 1.807) is 18.4 Å². The molecule has 10 heteroatoms. The molecule has 0 spiro atoms. The Morgan fingerprint density at radius 2 is 2.06 bits per heavy atom. The largest absolute Gasteiger partial charge is 0.492 e. The number of rotatable bonds is 6. The maximum atomic E-state index is 12.2. The monoisotopic (exact) mass is 486 g/mol. The lowest BCUT2D eigenvalue weighted by molar-refractivity contribution is -0.149. The number of piperidine rings is 1. The first-order valence-corrected chi connectivity index (χ1v) is 12.0. The van der Waals surface area contributed by atoms with Gasteiger partial charge in [-0.3, -0.25) is 9.69 Å². The van der Waals surface area contributed by atoms with Gasteiger partial charge in [0.15, 0.2) is 5.76 Å². The van der Waals surface area contributed by atoms with Gasteiger partial charge in [-0.05, 0) is 62.7 Å². The fraction of sp³-hybridized carbons (Fsp3) is 0.348. The highest BCUT2D eigenvalue weighted by atomic mass is 35.5. The molecule has 1 aliphatic heterocycles. The summed E-state index contributed by atoms with van der Waals surface area (Å²) >= 11 is 7.52. The first-order valence-electron chi connectivity index (χ1n) is 10.8. The highest BCUT2D eigenvalue weighted by molar-refractivity contribution is 7.17. The Morgan fingerprint density at radius 3 is 2.70 bits per heavy atom. The molecule has 172 valence electrons. The van der Waals surface area contributed by atoms with E-state index in [4.69, 9.17) is 20.8 Å². The van der Waals surface area contributed by atoms with Crippen LogP contribution in [0.5, 0.6) is 5.88 Å². The summed E-state index contributed by atoms with van der Waals surface area (Å²) in [6.07, 6.45) is 2.96. The minimum absolute atomic E-state index is 0.0489. The van der Waals surface area contributed by atoms with Crippen molar-refractivity contribution >= 4 is 33.9 Å². The number of ether oxygens (including phenoxy) is 1. The van der Waals surface area contributed by atoms with Gasteiger partial charge in [0.05, 0.1) is 29.7 Å². The molecule has 0 bridgehead atoms. The predicted molar refractivity (Wildman–Crippen MR) is 124 cm³/mol. The van der Waals surface area contributed by atoms with Gasteiger partial charge < -0.3 is 14.3 Å². The summed E-state index contributed by atoms with van der Waals surface area (Å²) in [4.78, 5) is 20.3. The van der Waals surface area contributed by atoms with Crippen LogP contribution in [-0.4, -0.2) is 50.3 Å². The van der Waals surface area contributed by atoms with Crippen molar-refractivity contribution in [2.24, 2.45) is 5.92 Å². The molecule has 0 saturated carbocycles. The van der Waals surface area contributed by atoms with E-state index in [-0.39, 0.29) is 23.8 Å². The Bertz CT molecular complexity index is 1240. The maximum Gasteiger partial charge on any atom is 0.309 e. The molecule has 1 fully saturated rings. The number of benzene rings is 1. The molecule has 4 heterocycles. The topological polar surface area (TPSA) is 93.1 Å². The van der Waals surface area contributed by atoms with Crippen LogP contribution >= 0.6 is 22.9 Å². The zero-order chi connectivity index (χ0) is 22.9. The number of likely N-dealkylation sites (tertiary alicyclic amines) is 1. The Labute approximate surface area is 199 Å². The molecule has 33 heavy (non-hydrogen) atoms. The van der Waals surface area contributed by atoms with Crippen LogP contribution in [-0.2, 0) is 9.53 Å². The van der Waals surface area contributed by atoms with Gasteiger partial charge in [-0.15, -0.1) is 5.10 Å². The smallest absolute Gasteiger partial charge is 0.309 e. The molecule has 1 aromatic carbocycles. The molecule has 0 unspecified atom stereocenters. The number of hydrogen-bond acceptors (Lipinski definition) is 8. The number of thiazole rings is 1. The molecule has 1 aliphatic rings. The van der Waals surface area contributed by atoms with Crippen molar-refractivity contribution in [2.75, 3.05) is 19.7 Å². The first kappa shape index (κ1) is 21.9. The molecule has 4 aromatic rings. The molecule has 8 nitrogen and oxygen atoms in total. The van der Waals surface area contributed by atoms with Crippen LogP contribution in [0.4, 0.5) is 0 Å². The average molecular weight is 487 g/mol. The maximum absolute atomic E-state index is 12.2. The number of aromatic hydroxyl groups is 1. The van der Waals surface area contributed by atoms with E-state index < -0.39 is 0 Å². The lowest BCUT2D eigenvalue weighted by atomic mass is 9.93. The molecule has 5 rings (SSSR count). The molecule has 1 N–H and O–H groups in total. The normalized spacial score (nSPS) is 16.3. The lowest BCUT2D eigenvalue weighted by Gasteiger charge is -2.36. The van der Waals surface area contributed by atoms with E-state index in [0.29, 0.717) is 54.1 Å². The third-order valence-electron chi connectivity index (χ3n) is 5.89. The number of carbonyl (C=O) groups excluding carboxylic acids is 1. The van der Waals surface area contributed by atoms with Gasteiger partial charge in [0.2, 0.25) is 16.7 Å². The summed E-state index contributed by atoms with van der Waals surface area (Å²) < 4.78 is 12.0. The number of fused-ring (bicyclic) bond motifs is 1. The van der Waals surface area contributed by atoms with Crippen molar-refractivity contribution in [3.8, 4) is 17.5 Å². The van der Waals surface area contributed by atoms with E-state index in [2.05, 4.69) is 15.0 Å². The van der Waals surface area contributed by atoms with Gasteiger partial charge >= 0.3 is 5.97 Å². The summed E-state index contributed by atoms with van der Waals surface area (Å²) in [5.74, 6) is 0.785. The van der Waals surface area contributed by atoms with Crippen molar-refractivity contribution in [3.63, 3.8) is 0 Å². The number of hydrogen-bond donors (Lipinski definition) is 1. The highest BCUT2D eigenvalue weighted by Gasteiger charge is 2.34. The van der Waals surface area contributed by atoms with Crippen LogP contribution in [0, 0.1) is 5.92 Å². The second-order valence-electron chi connectivity index (χ2n) is 7.91. The minimum atomic E-state index is -0.217. The summed E-state index contributed by atoms with van der Waals surface area (Å²) in [6, 6.07) is 11.0. The third kappa shape index (κ3) is 4.23. The SMILES string of the molecule is CCOC(=O)C1CCN([C@H](c2ccc(Cl)cc2)c2sc3nc(-c4ccco4)nn3c2O)CC1. The zero-order valence-corrected chi connectivity index (χ0v) is 19.6. The number of nitrogens with zero attached hydrogens (tertiary/aromatic N) is 4. The van der Waals surface area contributed by atoms with Crippen molar-refractivity contribution in [2.45, 2.75) is 25.8 Å². The van der Waals surface area contributed by atoms with Crippen molar-refractivity contribution in [1.82, 2.24) is 19.5 Å².